The van der Waals surface area contributed by atoms with Gasteiger partial charge in [-0.3, -0.25) is 9.00 Å². The molecule has 0 aliphatic rings. The van der Waals surface area contributed by atoms with E-state index in [4.69, 9.17) is 4.74 Å². The zero-order valence-electron chi connectivity index (χ0n) is 9.73. The van der Waals surface area contributed by atoms with Crippen LogP contribution >= 0.6 is 0 Å². The fraction of sp³-hybridized carbons (Fsp3) is 0.417. The highest BCUT2D eigenvalue weighted by atomic mass is 32.2. The molecule has 0 fully saturated rings. The minimum absolute atomic E-state index is 0.314. The molecule has 4 heteroatoms. The summed E-state index contributed by atoms with van der Waals surface area (Å²) in [6.07, 6.45) is 0. The summed E-state index contributed by atoms with van der Waals surface area (Å²) in [6.45, 7) is 5.63. The zero-order chi connectivity index (χ0) is 12.1. The van der Waals surface area contributed by atoms with E-state index >= 15 is 0 Å². The average molecular weight is 240 g/mol. The van der Waals surface area contributed by atoms with Crippen LogP contribution in [0.4, 0.5) is 0 Å². The maximum atomic E-state index is 12.0. The molecule has 16 heavy (non-hydrogen) atoms. The minimum atomic E-state index is -1.34. The van der Waals surface area contributed by atoms with Crippen LogP contribution in [0.5, 0.6) is 0 Å². The van der Waals surface area contributed by atoms with Crippen molar-refractivity contribution in [2.24, 2.45) is 0 Å². The van der Waals surface area contributed by atoms with E-state index in [9.17, 15) is 9.00 Å². The predicted molar refractivity (Wildman–Crippen MR) is 63.7 cm³/mol. The van der Waals surface area contributed by atoms with Crippen LogP contribution < -0.4 is 0 Å². The van der Waals surface area contributed by atoms with Gasteiger partial charge < -0.3 is 4.74 Å². The van der Waals surface area contributed by atoms with Crippen molar-refractivity contribution in [3.8, 4) is 0 Å². The zero-order valence-corrected chi connectivity index (χ0v) is 10.5. The van der Waals surface area contributed by atoms with Gasteiger partial charge in [-0.05, 0) is 32.9 Å². The monoisotopic (exact) mass is 240 g/mol. The SMILES string of the molecule is CCOC(=O)C(C)S(=O)c1ccc(C)cc1. The Balaban J connectivity index is 2.78. The molecule has 0 spiro atoms. The number of ether oxygens (including phenoxy) is 1. The lowest BCUT2D eigenvalue weighted by Crippen LogP contribution is -2.25. The Bertz CT molecular complexity index is 384. The third-order valence-corrected chi connectivity index (χ3v) is 3.76. The van der Waals surface area contributed by atoms with Crippen LogP contribution in [0, 0.1) is 6.92 Å². The first kappa shape index (κ1) is 12.9. The summed E-state index contributed by atoms with van der Waals surface area (Å²) < 4.78 is 16.8. The summed E-state index contributed by atoms with van der Waals surface area (Å²) in [6, 6.07) is 7.32. The molecule has 0 heterocycles. The second-order valence-electron chi connectivity index (χ2n) is 3.50. The fourth-order valence-corrected chi connectivity index (χ4v) is 2.28. The van der Waals surface area contributed by atoms with Crippen molar-refractivity contribution in [1.29, 1.82) is 0 Å². The second-order valence-corrected chi connectivity index (χ2v) is 5.28. The van der Waals surface area contributed by atoms with Gasteiger partial charge in [0.25, 0.3) is 0 Å². The summed E-state index contributed by atoms with van der Waals surface area (Å²) in [5.74, 6) is -0.415. The molecule has 1 aromatic rings. The maximum absolute atomic E-state index is 12.0. The van der Waals surface area contributed by atoms with Gasteiger partial charge in [-0.1, -0.05) is 17.7 Å². The smallest absolute Gasteiger partial charge is 0.321 e. The van der Waals surface area contributed by atoms with E-state index in [1.807, 2.05) is 19.1 Å². The van der Waals surface area contributed by atoms with Crippen molar-refractivity contribution in [1.82, 2.24) is 0 Å². The molecule has 1 rings (SSSR count). The Labute approximate surface area is 98.3 Å². The van der Waals surface area contributed by atoms with Crippen molar-refractivity contribution >= 4 is 16.8 Å². The highest BCUT2D eigenvalue weighted by molar-refractivity contribution is 7.86. The highest BCUT2D eigenvalue weighted by Gasteiger charge is 2.22. The van der Waals surface area contributed by atoms with Gasteiger partial charge >= 0.3 is 5.97 Å². The van der Waals surface area contributed by atoms with Crippen molar-refractivity contribution in [2.45, 2.75) is 30.9 Å². The Morgan fingerprint density at radius 1 is 1.38 bits per heavy atom. The summed E-state index contributed by atoms with van der Waals surface area (Å²) in [7, 11) is -1.34. The van der Waals surface area contributed by atoms with Crippen molar-refractivity contribution in [2.75, 3.05) is 6.61 Å². The molecule has 0 aliphatic heterocycles. The fourth-order valence-electron chi connectivity index (χ4n) is 1.22. The summed E-state index contributed by atoms with van der Waals surface area (Å²) in [4.78, 5) is 12.1. The van der Waals surface area contributed by atoms with Crippen LogP contribution in [0.3, 0.4) is 0 Å². The van der Waals surface area contributed by atoms with Crippen molar-refractivity contribution in [3.05, 3.63) is 29.8 Å². The topological polar surface area (TPSA) is 43.4 Å². The first-order chi connectivity index (χ1) is 7.56. The number of benzene rings is 1. The van der Waals surface area contributed by atoms with Crippen LogP contribution in [0.2, 0.25) is 0 Å². The van der Waals surface area contributed by atoms with E-state index in [0.717, 1.165) is 5.56 Å². The molecule has 0 saturated heterocycles. The summed E-state index contributed by atoms with van der Waals surface area (Å²) in [5, 5.41) is -0.623. The molecule has 0 saturated carbocycles. The molecular weight excluding hydrogens is 224 g/mol. The molecule has 0 aliphatic carbocycles. The molecule has 0 aromatic heterocycles. The third kappa shape index (κ3) is 3.17. The average Bonchev–Trinajstić information content (AvgIpc) is 2.28. The van der Waals surface area contributed by atoms with E-state index in [2.05, 4.69) is 0 Å². The Kier molecular flexibility index (Phi) is 4.68. The van der Waals surface area contributed by atoms with Crippen LogP contribution in [-0.2, 0) is 20.3 Å². The lowest BCUT2D eigenvalue weighted by Gasteiger charge is -2.10. The van der Waals surface area contributed by atoms with Gasteiger partial charge in [-0.25, -0.2) is 0 Å². The normalized spacial score (nSPS) is 14.2. The van der Waals surface area contributed by atoms with Crippen LogP contribution in [0.1, 0.15) is 19.4 Å². The first-order valence-electron chi connectivity index (χ1n) is 5.20. The van der Waals surface area contributed by atoms with E-state index in [0.29, 0.717) is 11.5 Å². The van der Waals surface area contributed by atoms with E-state index < -0.39 is 22.0 Å². The number of esters is 1. The van der Waals surface area contributed by atoms with Crippen molar-refractivity contribution in [3.63, 3.8) is 0 Å². The molecule has 0 radical (unpaired) electrons. The molecule has 0 N–H and O–H groups in total. The number of rotatable bonds is 4. The van der Waals surface area contributed by atoms with Gasteiger partial charge in [0, 0.05) is 4.90 Å². The van der Waals surface area contributed by atoms with Crippen molar-refractivity contribution < 1.29 is 13.7 Å². The van der Waals surface area contributed by atoms with Gasteiger partial charge in [0.1, 0.15) is 5.25 Å². The quantitative estimate of drug-likeness (QED) is 0.757. The molecule has 2 atom stereocenters. The lowest BCUT2D eigenvalue weighted by atomic mass is 10.2. The van der Waals surface area contributed by atoms with Gasteiger partial charge in [0.15, 0.2) is 0 Å². The molecule has 0 amide bonds. The standard InChI is InChI=1S/C12H16O3S/c1-4-15-12(13)10(3)16(14)11-7-5-9(2)6-8-11/h5-8,10H,4H2,1-3H3. The number of carbonyl (C=O) groups excluding carboxylic acids is 1. The predicted octanol–water partition coefficient (Wildman–Crippen LogP) is 2.05. The molecule has 88 valence electrons. The van der Waals surface area contributed by atoms with Crippen LogP contribution in [0.15, 0.2) is 29.2 Å². The lowest BCUT2D eigenvalue weighted by molar-refractivity contribution is -0.142. The second kappa shape index (κ2) is 5.80. The number of carbonyl (C=O) groups is 1. The highest BCUT2D eigenvalue weighted by Crippen LogP contribution is 2.13. The Morgan fingerprint density at radius 3 is 2.44 bits per heavy atom. The Morgan fingerprint density at radius 2 is 1.94 bits per heavy atom. The van der Waals surface area contributed by atoms with E-state index in [1.54, 1.807) is 26.0 Å². The Hall–Kier alpha value is -1.16. The third-order valence-electron chi connectivity index (χ3n) is 2.19. The van der Waals surface area contributed by atoms with E-state index in [1.165, 1.54) is 0 Å². The summed E-state index contributed by atoms with van der Waals surface area (Å²) >= 11 is 0. The number of aryl methyl sites for hydroxylation is 1. The van der Waals surface area contributed by atoms with Gasteiger partial charge in [-0.2, -0.15) is 0 Å². The summed E-state index contributed by atoms with van der Waals surface area (Å²) in [5.41, 5.74) is 1.10. The van der Waals surface area contributed by atoms with Crippen LogP contribution in [0.25, 0.3) is 0 Å². The largest absolute Gasteiger partial charge is 0.465 e. The minimum Gasteiger partial charge on any atom is -0.465 e. The molecule has 2 unspecified atom stereocenters. The number of hydrogen-bond acceptors (Lipinski definition) is 3. The number of hydrogen-bond donors (Lipinski definition) is 0. The van der Waals surface area contributed by atoms with Crippen LogP contribution in [-0.4, -0.2) is 22.0 Å². The van der Waals surface area contributed by atoms with E-state index in [-0.39, 0.29) is 0 Å². The first-order valence-corrected chi connectivity index (χ1v) is 6.41. The molecular formula is C12H16O3S. The molecule has 1 aromatic carbocycles. The van der Waals surface area contributed by atoms with Gasteiger partial charge in [-0.15, -0.1) is 0 Å². The van der Waals surface area contributed by atoms with Gasteiger partial charge in [0.05, 0.1) is 17.4 Å². The molecule has 3 nitrogen and oxygen atoms in total. The maximum Gasteiger partial charge on any atom is 0.321 e. The van der Waals surface area contributed by atoms with Gasteiger partial charge in [0.2, 0.25) is 0 Å². The molecule has 0 bridgehead atoms.